The number of rotatable bonds is 6. The van der Waals surface area contributed by atoms with E-state index in [2.05, 4.69) is 82.9 Å². The zero-order valence-electron chi connectivity index (χ0n) is 18.2. The summed E-state index contributed by atoms with van der Waals surface area (Å²) in [6.45, 7) is 3.98. The van der Waals surface area contributed by atoms with E-state index in [0.29, 0.717) is 6.04 Å². The molecule has 0 bridgehead atoms. The van der Waals surface area contributed by atoms with E-state index < -0.39 is 4.87 Å². The van der Waals surface area contributed by atoms with Gasteiger partial charge in [-0.2, -0.15) is 0 Å². The fourth-order valence-corrected chi connectivity index (χ4v) is 6.27. The van der Waals surface area contributed by atoms with Crippen LogP contribution >= 0.6 is 11.8 Å². The van der Waals surface area contributed by atoms with E-state index in [-0.39, 0.29) is 0 Å². The molecule has 1 fully saturated rings. The Balaban J connectivity index is 1.45. The van der Waals surface area contributed by atoms with Crippen molar-refractivity contribution in [3.05, 3.63) is 64.6 Å². The van der Waals surface area contributed by atoms with Gasteiger partial charge in [0, 0.05) is 47.6 Å². The van der Waals surface area contributed by atoms with Gasteiger partial charge in [0.2, 0.25) is 0 Å². The highest BCUT2D eigenvalue weighted by Crippen LogP contribution is 2.49. The lowest BCUT2D eigenvalue weighted by Crippen LogP contribution is -2.50. The van der Waals surface area contributed by atoms with E-state index in [1.807, 2.05) is 6.20 Å². The number of anilines is 1. The number of carbonyl (C=O) groups excluding carboxylic acids is 1. The second kappa shape index (κ2) is 7.89. The first kappa shape index (κ1) is 20.4. The lowest BCUT2D eigenvalue weighted by Gasteiger charge is -2.37. The van der Waals surface area contributed by atoms with Crippen molar-refractivity contribution >= 4 is 34.6 Å². The number of hydrogen-bond donors (Lipinski definition) is 3. The van der Waals surface area contributed by atoms with Crippen molar-refractivity contribution in [3.8, 4) is 0 Å². The lowest BCUT2D eigenvalue weighted by molar-refractivity contribution is -0.112. The van der Waals surface area contributed by atoms with Gasteiger partial charge in [0.1, 0.15) is 4.87 Å². The van der Waals surface area contributed by atoms with Crippen molar-refractivity contribution in [3.63, 3.8) is 0 Å². The number of aromatic amines is 1. The molecule has 1 aromatic heterocycles. The van der Waals surface area contributed by atoms with Crippen LogP contribution in [0.3, 0.4) is 0 Å². The van der Waals surface area contributed by atoms with Crippen molar-refractivity contribution < 1.29 is 4.79 Å². The number of nitrogens with zero attached hydrogens (tertiary/aromatic N) is 2. The largest absolute Gasteiger partial charge is 0.361 e. The van der Waals surface area contributed by atoms with Gasteiger partial charge in [0.25, 0.3) is 0 Å². The van der Waals surface area contributed by atoms with Crippen molar-refractivity contribution in [2.75, 3.05) is 32.5 Å². The van der Waals surface area contributed by atoms with Crippen LogP contribution in [0, 0.1) is 6.92 Å². The smallest absolute Gasteiger partial charge is 0.155 e. The number of nitrogens with one attached hydrogen (secondary N) is 3. The summed E-state index contributed by atoms with van der Waals surface area (Å²) < 4.78 is 0. The minimum absolute atomic E-state index is 0.383. The number of aromatic nitrogens is 1. The summed E-state index contributed by atoms with van der Waals surface area (Å²) >= 11 is 1.65. The Kier molecular flexibility index (Phi) is 5.20. The van der Waals surface area contributed by atoms with E-state index in [1.54, 1.807) is 11.8 Å². The van der Waals surface area contributed by atoms with Gasteiger partial charge in [-0.05, 0) is 70.3 Å². The number of fused-ring (bicyclic) bond motifs is 2. The molecule has 3 aliphatic heterocycles. The third-order valence-corrected chi connectivity index (χ3v) is 7.62. The fourth-order valence-electron chi connectivity index (χ4n) is 4.90. The van der Waals surface area contributed by atoms with E-state index in [4.69, 9.17) is 0 Å². The van der Waals surface area contributed by atoms with Gasteiger partial charge in [0.15, 0.2) is 6.29 Å². The van der Waals surface area contributed by atoms with Crippen molar-refractivity contribution in [2.45, 2.75) is 30.7 Å². The highest BCUT2D eigenvalue weighted by atomic mass is 32.2. The van der Waals surface area contributed by atoms with Crippen LogP contribution in [0.2, 0.25) is 0 Å². The summed E-state index contributed by atoms with van der Waals surface area (Å²) in [5.41, 5.74) is 5.36. The van der Waals surface area contributed by atoms with E-state index in [0.717, 1.165) is 65.4 Å². The van der Waals surface area contributed by atoms with Crippen molar-refractivity contribution in [1.82, 2.24) is 20.1 Å². The van der Waals surface area contributed by atoms with Crippen LogP contribution in [0.25, 0.3) is 10.9 Å². The molecule has 0 spiro atoms. The standard InChI is InChI=1S/C24H29N5OS/c1-16-11-17-12-18(6-7-20(17)26-16)27-21-8-9-25-22-13-24(15-30,31-23(21)22)29-10-4-5-19(29)14-28(2)3/h6-9,11-13,15,19,25-27H,4-5,10,14H2,1-3H3. The average Bonchev–Trinajstić information content (AvgIpc) is 3.43. The summed E-state index contributed by atoms with van der Waals surface area (Å²) in [6.07, 6.45) is 9.48. The molecule has 4 heterocycles. The Morgan fingerprint density at radius 2 is 2.23 bits per heavy atom. The zero-order valence-corrected chi connectivity index (χ0v) is 19.1. The van der Waals surface area contributed by atoms with Crippen LogP contribution in [0.15, 0.2) is 58.9 Å². The summed E-state index contributed by atoms with van der Waals surface area (Å²) in [4.78, 5) is 20.9. The first-order valence-electron chi connectivity index (χ1n) is 10.8. The Bertz CT molecular complexity index is 1110. The number of hydrogen-bond acceptors (Lipinski definition) is 6. The van der Waals surface area contributed by atoms with Crippen LogP contribution in [-0.4, -0.2) is 59.2 Å². The summed E-state index contributed by atoms with van der Waals surface area (Å²) in [5, 5.41) is 8.13. The van der Waals surface area contributed by atoms with Gasteiger partial charge < -0.3 is 20.5 Å². The summed E-state index contributed by atoms with van der Waals surface area (Å²) in [6, 6.07) is 8.89. The van der Waals surface area contributed by atoms with E-state index >= 15 is 0 Å². The highest BCUT2D eigenvalue weighted by molar-refractivity contribution is 8.05. The number of likely N-dealkylation sites (N-methyl/N-ethyl adjacent to an activating group) is 1. The topological polar surface area (TPSA) is 63.4 Å². The number of carbonyl (C=O) groups is 1. The SMILES string of the molecule is Cc1cc2cc(NC3=C4SC(C=O)(N5CCCC5CN(C)C)C=C4NC=C3)ccc2[nH]1. The Hall–Kier alpha value is -2.48. The predicted molar refractivity (Wildman–Crippen MR) is 129 cm³/mol. The third kappa shape index (κ3) is 3.71. The monoisotopic (exact) mass is 435 g/mol. The first-order chi connectivity index (χ1) is 15.0. The number of aryl methyl sites for hydroxylation is 1. The molecule has 2 unspecified atom stereocenters. The molecule has 2 atom stereocenters. The van der Waals surface area contributed by atoms with Crippen molar-refractivity contribution in [2.24, 2.45) is 0 Å². The second-order valence-electron chi connectivity index (χ2n) is 8.88. The van der Waals surface area contributed by atoms with Gasteiger partial charge in [-0.25, -0.2) is 0 Å². The number of allylic oxidation sites excluding steroid dienone is 1. The van der Waals surface area contributed by atoms with Gasteiger partial charge >= 0.3 is 0 Å². The molecule has 0 saturated carbocycles. The molecule has 162 valence electrons. The maximum absolute atomic E-state index is 12.5. The normalized spacial score (nSPS) is 25.8. The fraction of sp³-hybridized carbons (Fsp3) is 0.375. The number of thioether (sulfide) groups is 1. The number of likely N-dealkylation sites (tertiary alicyclic amines) is 1. The summed E-state index contributed by atoms with van der Waals surface area (Å²) in [5.74, 6) is 0. The third-order valence-electron chi connectivity index (χ3n) is 6.20. The van der Waals surface area contributed by atoms with Gasteiger partial charge in [-0.1, -0.05) is 11.8 Å². The van der Waals surface area contributed by atoms with Crippen LogP contribution < -0.4 is 10.6 Å². The first-order valence-corrected chi connectivity index (χ1v) is 11.6. The molecule has 1 saturated heterocycles. The van der Waals surface area contributed by atoms with Gasteiger partial charge in [-0.15, -0.1) is 0 Å². The Morgan fingerprint density at radius 3 is 3.03 bits per heavy atom. The highest BCUT2D eigenvalue weighted by Gasteiger charge is 2.47. The molecule has 7 heteroatoms. The van der Waals surface area contributed by atoms with E-state index in [1.165, 1.54) is 5.39 Å². The van der Waals surface area contributed by atoms with Crippen LogP contribution in [0.1, 0.15) is 18.5 Å². The molecule has 2 aromatic rings. The number of H-pyrrole nitrogens is 1. The second-order valence-corrected chi connectivity index (χ2v) is 10.1. The molecule has 0 radical (unpaired) electrons. The molecule has 6 nitrogen and oxygen atoms in total. The molecule has 31 heavy (non-hydrogen) atoms. The molecule has 0 amide bonds. The molecular formula is C24H29N5OS. The molecule has 5 rings (SSSR count). The van der Waals surface area contributed by atoms with E-state index in [9.17, 15) is 4.79 Å². The average molecular weight is 436 g/mol. The minimum Gasteiger partial charge on any atom is -0.361 e. The predicted octanol–water partition coefficient (Wildman–Crippen LogP) is 3.77. The maximum atomic E-state index is 12.5. The maximum Gasteiger partial charge on any atom is 0.155 e. The van der Waals surface area contributed by atoms with Crippen LogP contribution in [0.5, 0.6) is 0 Å². The lowest BCUT2D eigenvalue weighted by atomic mass is 10.1. The zero-order chi connectivity index (χ0) is 21.6. The van der Waals surface area contributed by atoms with Crippen LogP contribution in [0.4, 0.5) is 5.69 Å². The molecule has 0 aliphatic carbocycles. The van der Waals surface area contributed by atoms with Gasteiger partial charge in [-0.3, -0.25) is 9.69 Å². The number of benzene rings is 1. The number of dihydropyridines is 1. The Labute approximate surface area is 187 Å². The quantitative estimate of drug-likeness (QED) is 0.601. The minimum atomic E-state index is -0.657. The molecule has 3 N–H and O–H groups in total. The Morgan fingerprint density at radius 1 is 1.35 bits per heavy atom. The van der Waals surface area contributed by atoms with Crippen molar-refractivity contribution in [1.29, 1.82) is 0 Å². The molecule has 3 aliphatic rings. The van der Waals surface area contributed by atoms with Gasteiger partial charge in [0.05, 0.1) is 16.3 Å². The molecular weight excluding hydrogens is 406 g/mol. The number of aldehydes is 1. The summed E-state index contributed by atoms with van der Waals surface area (Å²) in [7, 11) is 4.20. The molecule has 1 aromatic carbocycles. The van der Waals surface area contributed by atoms with Crippen LogP contribution in [-0.2, 0) is 4.79 Å².